The van der Waals surface area contributed by atoms with Crippen molar-refractivity contribution in [1.82, 2.24) is 0 Å². The molecule has 1 atom stereocenters. The number of esters is 1. The minimum absolute atomic E-state index is 0.144. The first-order valence-corrected chi connectivity index (χ1v) is 15.5. The lowest BCUT2D eigenvalue weighted by atomic mass is 9.96. The van der Waals surface area contributed by atoms with E-state index in [1.54, 1.807) is 6.92 Å². The zero-order valence-corrected chi connectivity index (χ0v) is 24.6. The van der Waals surface area contributed by atoms with Crippen LogP contribution in [0.1, 0.15) is 161 Å². The summed E-state index contributed by atoms with van der Waals surface area (Å²) < 4.78 is 4.96. The van der Waals surface area contributed by atoms with Crippen molar-refractivity contribution in [3.05, 3.63) is 0 Å². The number of rotatable bonds is 29. The normalized spacial score (nSPS) is 12.7. The molecule has 0 aromatic heterocycles. The number of carboxylic acids is 2. The van der Waals surface area contributed by atoms with Crippen molar-refractivity contribution >= 4 is 23.7 Å². The summed E-state index contributed by atoms with van der Waals surface area (Å²) in [7, 11) is 0. The Labute approximate surface area is 236 Å². The lowest BCUT2D eigenvalue weighted by molar-refractivity contribution is -0.172. The summed E-state index contributed by atoms with van der Waals surface area (Å²) in [5.74, 6) is -3.83. The standard InChI is InChI=1S/C31H56O8/c1-27(32)23-21-19-17-15-13-11-9-7-5-3-2-4-6-8-10-12-14-16-18-20-22-24-39-29(35)26-31(38,30(36)37)25-28(33)34/h38H,2-26H2,1H3,(H,33,34)(H,36,37). The second-order valence-corrected chi connectivity index (χ2v) is 11.2. The highest BCUT2D eigenvalue weighted by Gasteiger charge is 2.41. The fourth-order valence-corrected chi connectivity index (χ4v) is 4.77. The number of Topliss-reactive ketones (excluding diaryl/α,β-unsaturated/α-hetero) is 1. The van der Waals surface area contributed by atoms with Crippen molar-refractivity contribution in [3.63, 3.8) is 0 Å². The number of hydrogen-bond acceptors (Lipinski definition) is 6. The SMILES string of the molecule is CC(=O)CCCCCCCCCCCCCCCCCCCCCCCOC(=O)CC(O)(CC(=O)O)C(=O)O. The highest BCUT2D eigenvalue weighted by Crippen LogP contribution is 2.18. The largest absolute Gasteiger partial charge is 0.481 e. The van der Waals surface area contributed by atoms with Gasteiger partial charge in [-0.2, -0.15) is 0 Å². The molecule has 0 rings (SSSR count). The molecule has 8 nitrogen and oxygen atoms in total. The van der Waals surface area contributed by atoms with Gasteiger partial charge < -0.3 is 24.9 Å². The summed E-state index contributed by atoms with van der Waals surface area (Å²) in [6.07, 6.45) is 24.7. The van der Waals surface area contributed by atoms with E-state index >= 15 is 0 Å². The Balaban J connectivity index is 3.34. The second-order valence-electron chi connectivity index (χ2n) is 11.2. The Morgan fingerprint density at radius 3 is 1.18 bits per heavy atom. The fraction of sp³-hybridized carbons (Fsp3) is 0.871. The lowest BCUT2D eigenvalue weighted by Gasteiger charge is -2.20. The zero-order chi connectivity index (χ0) is 29.2. The summed E-state index contributed by atoms with van der Waals surface area (Å²) in [4.78, 5) is 44.4. The zero-order valence-electron chi connectivity index (χ0n) is 24.6. The number of carbonyl (C=O) groups is 4. The third-order valence-corrected chi connectivity index (χ3v) is 7.21. The monoisotopic (exact) mass is 556 g/mol. The summed E-state index contributed by atoms with van der Waals surface area (Å²) in [5.41, 5.74) is -2.64. The van der Waals surface area contributed by atoms with E-state index in [-0.39, 0.29) is 6.61 Å². The predicted octanol–water partition coefficient (Wildman–Crippen LogP) is 7.38. The highest BCUT2D eigenvalue weighted by atomic mass is 16.5. The van der Waals surface area contributed by atoms with Gasteiger partial charge in [0.05, 0.1) is 19.4 Å². The van der Waals surface area contributed by atoms with Crippen LogP contribution in [-0.4, -0.2) is 51.2 Å². The molecule has 0 aromatic carbocycles. The third kappa shape index (κ3) is 24.8. The van der Waals surface area contributed by atoms with E-state index in [4.69, 9.17) is 14.9 Å². The summed E-state index contributed by atoms with van der Waals surface area (Å²) in [6, 6.07) is 0. The molecule has 0 spiro atoms. The maximum absolute atomic E-state index is 11.7. The maximum Gasteiger partial charge on any atom is 0.336 e. The Morgan fingerprint density at radius 2 is 0.872 bits per heavy atom. The molecule has 8 heteroatoms. The number of ether oxygens (including phenoxy) is 1. The molecule has 0 amide bonds. The van der Waals surface area contributed by atoms with Crippen LogP contribution in [0.3, 0.4) is 0 Å². The van der Waals surface area contributed by atoms with Crippen LogP contribution in [0.4, 0.5) is 0 Å². The summed E-state index contributed by atoms with van der Waals surface area (Å²) in [6.45, 7) is 1.82. The molecule has 39 heavy (non-hydrogen) atoms. The van der Waals surface area contributed by atoms with Crippen molar-refractivity contribution in [1.29, 1.82) is 0 Å². The lowest BCUT2D eigenvalue weighted by Crippen LogP contribution is -2.43. The molecule has 0 aliphatic heterocycles. The third-order valence-electron chi connectivity index (χ3n) is 7.21. The van der Waals surface area contributed by atoms with Crippen LogP contribution in [0, 0.1) is 0 Å². The molecule has 0 heterocycles. The van der Waals surface area contributed by atoms with Crippen LogP contribution < -0.4 is 0 Å². The number of hydrogen-bond donors (Lipinski definition) is 3. The van der Waals surface area contributed by atoms with Gasteiger partial charge in [-0.25, -0.2) is 4.79 Å². The molecule has 0 radical (unpaired) electrons. The van der Waals surface area contributed by atoms with Gasteiger partial charge in [-0.15, -0.1) is 0 Å². The first kappa shape index (κ1) is 37.0. The van der Waals surface area contributed by atoms with Crippen molar-refractivity contribution in [3.8, 4) is 0 Å². The molecule has 1 unspecified atom stereocenters. The Morgan fingerprint density at radius 1 is 0.538 bits per heavy atom. The van der Waals surface area contributed by atoms with E-state index in [1.165, 1.54) is 103 Å². The van der Waals surface area contributed by atoms with E-state index in [1.807, 2.05) is 0 Å². The van der Waals surface area contributed by atoms with Crippen LogP contribution in [0.25, 0.3) is 0 Å². The molecular formula is C31H56O8. The van der Waals surface area contributed by atoms with E-state index in [9.17, 15) is 24.3 Å². The molecule has 0 fully saturated rings. The van der Waals surface area contributed by atoms with Gasteiger partial charge in [-0.3, -0.25) is 9.59 Å². The van der Waals surface area contributed by atoms with Crippen LogP contribution in [0.2, 0.25) is 0 Å². The number of ketones is 1. The van der Waals surface area contributed by atoms with E-state index < -0.39 is 36.4 Å². The van der Waals surface area contributed by atoms with E-state index in [0.29, 0.717) is 12.2 Å². The van der Waals surface area contributed by atoms with E-state index in [0.717, 1.165) is 32.1 Å². The van der Waals surface area contributed by atoms with Gasteiger partial charge in [0.1, 0.15) is 5.78 Å². The first-order chi connectivity index (χ1) is 18.7. The maximum atomic E-state index is 11.7. The molecule has 0 aliphatic rings. The number of carboxylic acid groups (broad SMARTS) is 2. The van der Waals surface area contributed by atoms with Gasteiger partial charge in [-0.05, 0) is 19.8 Å². The second kappa shape index (κ2) is 25.0. The number of carbonyl (C=O) groups excluding carboxylic acids is 2. The minimum atomic E-state index is -2.64. The summed E-state index contributed by atoms with van der Waals surface area (Å²) >= 11 is 0. The van der Waals surface area contributed by atoms with Gasteiger partial charge >= 0.3 is 17.9 Å². The minimum Gasteiger partial charge on any atom is -0.481 e. The van der Waals surface area contributed by atoms with Crippen molar-refractivity contribution in [2.24, 2.45) is 0 Å². The highest BCUT2D eigenvalue weighted by molar-refractivity contribution is 5.88. The molecule has 0 aliphatic carbocycles. The van der Waals surface area contributed by atoms with Crippen LogP contribution >= 0.6 is 0 Å². The Hall–Kier alpha value is -1.96. The van der Waals surface area contributed by atoms with Gasteiger partial charge in [0.2, 0.25) is 0 Å². The van der Waals surface area contributed by atoms with Gasteiger partial charge in [0.15, 0.2) is 5.60 Å². The number of aliphatic hydroxyl groups is 1. The van der Waals surface area contributed by atoms with Crippen molar-refractivity contribution in [2.75, 3.05) is 6.61 Å². The molecule has 228 valence electrons. The Kier molecular flexibility index (Phi) is 23.8. The molecule has 0 saturated carbocycles. The summed E-state index contributed by atoms with van der Waals surface area (Å²) in [5, 5.41) is 27.5. The topological polar surface area (TPSA) is 138 Å². The van der Waals surface area contributed by atoms with Crippen molar-refractivity contribution < 1.29 is 39.2 Å². The van der Waals surface area contributed by atoms with Gasteiger partial charge in [-0.1, -0.05) is 122 Å². The average Bonchev–Trinajstić information content (AvgIpc) is 2.85. The van der Waals surface area contributed by atoms with Crippen LogP contribution in [0.5, 0.6) is 0 Å². The molecule has 0 aromatic rings. The fourth-order valence-electron chi connectivity index (χ4n) is 4.77. The quantitative estimate of drug-likeness (QED) is 0.0640. The number of unbranched alkanes of at least 4 members (excludes halogenated alkanes) is 20. The smallest absolute Gasteiger partial charge is 0.336 e. The Bertz CT molecular complexity index is 663. The van der Waals surface area contributed by atoms with Gasteiger partial charge in [0.25, 0.3) is 0 Å². The van der Waals surface area contributed by atoms with Gasteiger partial charge in [0, 0.05) is 6.42 Å². The first-order valence-electron chi connectivity index (χ1n) is 15.5. The molecule has 0 bridgehead atoms. The predicted molar refractivity (Wildman–Crippen MR) is 153 cm³/mol. The number of aliphatic carboxylic acids is 2. The molecule has 0 saturated heterocycles. The molecular weight excluding hydrogens is 500 g/mol. The molecule has 3 N–H and O–H groups in total. The van der Waals surface area contributed by atoms with E-state index in [2.05, 4.69) is 0 Å². The average molecular weight is 557 g/mol. The van der Waals surface area contributed by atoms with Crippen LogP contribution in [-0.2, 0) is 23.9 Å². The van der Waals surface area contributed by atoms with Crippen molar-refractivity contribution in [2.45, 2.75) is 167 Å². The van der Waals surface area contributed by atoms with Crippen LogP contribution in [0.15, 0.2) is 0 Å².